The van der Waals surface area contributed by atoms with Crippen LogP contribution >= 0.6 is 11.8 Å². The highest BCUT2D eigenvalue weighted by Crippen LogP contribution is 2.30. The summed E-state index contributed by atoms with van der Waals surface area (Å²) in [6.45, 7) is 7.71. The fraction of sp³-hybridized carbons (Fsp3) is 0.303. The van der Waals surface area contributed by atoms with Gasteiger partial charge in [0.05, 0.1) is 23.7 Å². The van der Waals surface area contributed by atoms with Gasteiger partial charge in [-0.3, -0.25) is 9.59 Å². The molecule has 1 atom stereocenters. The number of rotatable bonds is 11. The van der Waals surface area contributed by atoms with Gasteiger partial charge in [-0.1, -0.05) is 70.2 Å². The highest BCUT2D eigenvalue weighted by molar-refractivity contribution is 8.13. The molecule has 0 aliphatic heterocycles. The molecule has 242 valence electrons. The number of hydrogen-bond donors (Lipinski definition) is 1. The lowest BCUT2D eigenvalue weighted by atomic mass is 9.97. The van der Waals surface area contributed by atoms with Gasteiger partial charge in [0, 0.05) is 5.56 Å². The van der Waals surface area contributed by atoms with E-state index < -0.39 is 6.36 Å². The summed E-state index contributed by atoms with van der Waals surface area (Å²) >= 11 is 1.13. The van der Waals surface area contributed by atoms with Crippen LogP contribution in [0.1, 0.15) is 51.2 Å². The van der Waals surface area contributed by atoms with Gasteiger partial charge in [0.15, 0.2) is 11.0 Å². The summed E-state index contributed by atoms with van der Waals surface area (Å²) < 4.78 is 48.0. The molecular weight excluding hydrogens is 619 g/mol. The van der Waals surface area contributed by atoms with Crippen molar-refractivity contribution in [1.29, 1.82) is 0 Å². The number of ether oxygens (including phenoxy) is 2. The van der Waals surface area contributed by atoms with Crippen LogP contribution in [0.4, 0.5) is 18.9 Å². The van der Waals surface area contributed by atoms with Crippen molar-refractivity contribution >= 4 is 34.5 Å². The fourth-order valence-electron chi connectivity index (χ4n) is 4.18. The molecule has 0 radical (unpaired) electrons. The van der Waals surface area contributed by atoms with E-state index >= 15 is 0 Å². The van der Waals surface area contributed by atoms with Crippen LogP contribution < -0.4 is 10.1 Å². The van der Waals surface area contributed by atoms with E-state index in [0.29, 0.717) is 22.2 Å². The summed E-state index contributed by atoms with van der Waals surface area (Å²) in [5.41, 5.74) is 3.71. The molecule has 0 saturated heterocycles. The Morgan fingerprint density at radius 3 is 2.35 bits per heavy atom. The molecule has 0 saturated carbocycles. The normalized spacial score (nSPS) is 12.6. The van der Waals surface area contributed by atoms with Gasteiger partial charge in [-0.05, 0) is 65.6 Å². The number of aliphatic imine (C=N–C) groups is 1. The molecule has 0 fully saturated rings. The number of amides is 1. The Balaban J connectivity index is 1.43. The number of carbonyl (C=O) groups excluding carboxylic acids is 2. The number of thioether (sulfide) groups is 1. The van der Waals surface area contributed by atoms with Crippen LogP contribution in [0.25, 0.3) is 17.1 Å². The van der Waals surface area contributed by atoms with Crippen molar-refractivity contribution in [1.82, 2.24) is 20.1 Å². The lowest BCUT2D eigenvalue weighted by molar-refractivity contribution is -0.274. The third kappa shape index (κ3) is 9.93. The number of alkyl halides is 3. The van der Waals surface area contributed by atoms with Crippen LogP contribution in [0, 0.1) is 5.92 Å². The monoisotopic (exact) mass is 653 g/mol. The van der Waals surface area contributed by atoms with Crippen LogP contribution in [-0.2, 0) is 20.7 Å². The van der Waals surface area contributed by atoms with Gasteiger partial charge in [-0.25, -0.2) is 14.7 Å². The minimum Gasteiger partial charge on any atom is -0.454 e. The molecule has 1 unspecified atom stereocenters. The minimum absolute atomic E-state index is 0.00144. The molecule has 4 rings (SSSR count). The van der Waals surface area contributed by atoms with Crippen molar-refractivity contribution in [3.63, 3.8) is 0 Å². The Kier molecular flexibility index (Phi) is 11.6. The van der Waals surface area contributed by atoms with E-state index in [1.807, 2.05) is 24.3 Å². The number of benzene rings is 3. The first-order valence-electron chi connectivity index (χ1n) is 14.6. The molecule has 1 aromatic heterocycles. The van der Waals surface area contributed by atoms with Crippen LogP contribution in [-0.4, -0.2) is 44.1 Å². The molecule has 13 heteroatoms. The number of halogens is 3. The average molecular weight is 654 g/mol. The van der Waals surface area contributed by atoms with Gasteiger partial charge in [0.2, 0.25) is 5.91 Å². The molecule has 1 heterocycles. The van der Waals surface area contributed by atoms with Crippen molar-refractivity contribution in [2.75, 3.05) is 5.94 Å². The molecule has 0 spiro atoms. The number of esters is 1. The Morgan fingerprint density at radius 1 is 1.00 bits per heavy atom. The topological polar surface area (TPSA) is 108 Å². The Hall–Kier alpha value is -4.65. The molecule has 46 heavy (non-hydrogen) atoms. The molecule has 3 aromatic carbocycles. The van der Waals surface area contributed by atoms with Gasteiger partial charge in [0.25, 0.3) is 0 Å². The number of carbonyl (C=O) groups is 2. The van der Waals surface area contributed by atoms with E-state index in [0.717, 1.165) is 35.0 Å². The Morgan fingerprint density at radius 2 is 1.70 bits per heavy atom. The maximum absolute atomic E-state index is 13.1. The largest absolute Gasteiger partial charge is 0.573 e. The quantitative estimate of drug-likeness (QED) is 0.0770. The van der Waals surface area contributed by atoms with Gasteiger partial charge in [-0.15, -0.1) is 18.3 Å². The number of amidine groups is 1. The van der Waals surface area contributed by atoms with Crippen molar-refractivity contribution in [2.45, 2.75) is 52.8 Å². The zero-order valence-corrected chi connectivity index (χ0v) is 26.6. The predicted molar refractivity (Wildman–Crippen MR) is 171 cm³/mol. The fourth-order valence-corrected chi connectivity index (χ4v) is 4.82. The van der Waals surface area contributed by atoms with Crippen LogP contribution in [0.15, 0.2) is 84.1 Å². The second kappa shape index (κ2) is 15.6. The number of nitrogens with one attached hydrogen (secondary N) is 1. The highest BCUT2D eigenvalue weighted by Gasteiger charge is 2.31. The minimum atomic E-state index is -4.77. The lowest BCUT2D eigenvalue weighted by Crippen LogP contribution is -2.30. The molecular formula is C33H34F3N5O4S. The molecule has 1 N–H and O–H groups in total. The molecule has 4 aromatic rings. The molecule has 0 bridgehead atoms. The van der Waals surface area contributed by atoms with Crippen LogP contribution in [0.2, 0.25) is 0 Å². The summed E-state index contributed by atoms with van der Waals surface area (Å²) in [6.07, 6.45) is -2.33. The van der Waals surface area contributed by atoms with E-state index in [9.17, 15) is 22.8 Å². The number of para-hydroxylation sites is 1. The first kappa shape index (κ1) is 34.2. The maximum atomic E-state index is 13.1. The van der Waals surface area contributed by atoms with Gasteiger partial charge >= 0.3 is 12.3 Å². The van der Waals surface area contributed by atoms with E-state index in [1.54, 1.807) is 38.1 Å². The highest BCUT2D eigenvalue weighted by atomic mass is 32.2. The second-order valence-corrected chi connectivity index (χ2v) is 11.6. The zero-order chi connectivity index (χ0) is 33.3. The number of nitrogens with zero attached hydrogens (tertiary/aromatic N) is 4. The Bertz CT molecular complexity index is 1660. The van der Waals surface area contributed by atoms with Crippen molar-refractivity contribution in [3.05, 3.63) is 90.3 Å². The lowest BCUT2D eigenvalue weighted by Gasteiger charge is -2.14. The van der Waals surface area contributed by atoms with Crippen LogP contribution in [0.3, 0.4) is 0 Å². The summed E-state index contributed by atoms with van der Waals surface area (Å²) in [5, 5.41) is 7.60. The third-order valence-corrected chi connectivity index (χ3v) is 7.52. The van der Waals surface area contributed by atoms with E-state index in [-0.39, 0.29) is 41.8 Å². The van der Waals surface area contributed by atoms with Gasteiger partial charge in [0.1, 0.15) is 18.0 Å². The Labute approximate surface area is 269 Å². The van der Waals surface area contributed by atoms with Gasteiger partial charge < -0.3 is 14.8 Å². The zero-order valence-electron chi connectivity index (χ0n) is 25.7. The first-order chi connectivity index (χ1) is 21.9. The number of hydrogen-bond acceptors (Lipinski definition) is 8. The van der Waals surface area contributed by atoms with Gasteiger partial charge in [-0.2, -0.15) is 0 Å². The van der Waals surface area contributed by atoms with Crippen LogP contribution in [0.5, 0.6) is 5.75 Å². The first-order valence-corrected chi connectivity index (χ1v) is 15.5. The average Bonchev–Trinajstić information content (AvgIpc) is 3.51. The molecule has 0 aliphatic rings. The smallest absolute Gasteiger partial charge is 0.454 e. The summed E-state index contributed by atoms with van der Waals surface area (Å²) in [6, 6.07) is 20.1. The standard InChI is InChI=1S/C33H34F3N5O4S/c1-5-22(4)27-8-6-7-9-28(27)38-32(46-20-44-31(43)21(2)3)39-29(42)18-23-10-12-24(13-11-23)30-37-19-41(40-30)25-14-16-26(17-15-25)45-33(34,35)36/h6-17,19,21-22H,5,18,20H2,1-4H3,(H,38,39,42). The van der Waals surface area contributed by atoms with E-state index in [2.05, 4.69) is 34.0 Å². The SMILES string of the molecule is CCC(C)c1ccccc1N=C(NC(=O)Cc1ccc(-c2ncn(-c3ccc(OC(F)(F)F)cc3)n2)cc1)SCOC(=O)C(C)C. The maximum Gasteiger partial charge on any atom is 0.573 e. The molecule has 0 aliphatic carbocycles. The summed E-state index contributed by atoms with van der Waals surface area (Å²) in [5.74, 6) is -0.587. The second-order valence-electron chi connectivity index (χ2n) is 10.6. The summed E-state index contributed by atoms with van der Waals surface area (Å²) in [7, 11) is 0. The van der Waals surface area contributed by atoms with E-state index in [1.165, 1.54) is 35.3 Å². The molecule has 1 amide bonds. The van der Waals surface area contributed by atoms with Crippen molar-refractivity contribution < 1.29 is 32.2 Å². The van der Waals surface area contributed by atoms with Crippen molar-refractivity contribution in [3.8, 4) is 22.8 Å². The third-order valence-electron chi connectivity index (χ3n) is 6.82. The predicted octanol–water partition coefficient (Wildman–Crippen LogP) is 7.58. The van der Waals surface area contributed by atoms with E-state index in [4.69, 9.17) is 9.73 Å². The summed E-state index contributed by atoms with van der Waals surface area (Å²) in [4.78, 5) is 34.1. The van der Waals surface area contributed by atoms with Crippen molar-refractivity contribution in [2.24, 2.45) is 10.9 Å². The number of aromatic nitrogens is 3. The molecule has 9 nitrogen and oxygen atoms in total.